The Morgan fingerprint density at radius 1 is 1.30 bits per heavy atom. The Balaban J connectivity index is 2.23. The van der Waals surface area contributed by atoms with E-state index < -0.39 is 0 Å². The Morgan fingerprint density at radius 3 is 2.65 bits per heavy atom. The van der Waals surface area contributed by atoms with E-state index in [0.29, 0.717) is 16.6 Å². The van der Waals surface area contributed by atoms with Crippen LogP contribution >= 0.6 is 23.2 Å². The van der Waals surface area contributed by atoms with Crippen molar-refractivity contribution in [3.05, 3.63) is 57.5 Å². The molecule has 3 nitrogen and oxygen atoms in total. The van der Waals surface area contributed by atoms with Gasteiger partial charge in [-0.25, -0.2) is 0 Å². The zero-order valence-electron chi connectivity index (χ0n) is 11.6. The van der Waals surface area contributed by atoms with Crippen molar-refractivity contribution in [2.45, 2.75) is 19.5 Å². The van der Waals surface area contributed by atoms with Gasteiger partial charge in [0.05, 0.1) is 16.3 Å². The number of hydrogen-bond acceptors (Lipinski definition) is 3. The molecule has 0 aliphatic rings. The van der Waals surface area contributed by atoms with Crippen LogP contribution in [0.15, 0.2) is 34.9 Å². The molecule has 0 amide bonds. The maximum atomic E-state index is 6.29. The van der Waals surface area contributed by atoms with Crippen LogP contribution in [0.4, 0.5) is 0 Å². The molecule has 1 atom stereocenters. The second kappa shape index (κ2) is 6.64. The minimum Gasteiger partial charge on any atom is -0.469 e. The van der Waals surface area contributed by atoms with Crippen LogP contribution in [0.5, 0.6) is 0 Å². The number of likely N-dealkylation sites (N-methyl/N-ethyl adjacent to an activating group) is 1. The molecule has 0 bridgehead atoms. The fourth-order valence-corrected chi connectivity index (χ4v) is 2.71. The van der Waals surface area contributed by atoms with E-state index in [2.05, 4.69) is 4.90 Å². The van der Waals surface area contributed by atoms with E-state index in [1.807, 2.05) is 32.2 Å². The van der Waals surface area contributed by atoms with Gasteiger partial charge in [-0.3, -0.25) is 4.90 Å². The van der Waals surface area contributed by atoms with Gasteiger partial charge in [0, 0.05) is 24.7 Å². The highest BCUT2D eigenvalue weighted by Gasteiger charge is 2.20. The van der Waals surface area contributed by atoms with Gasteiger partial charge in [-0.1, -0.05) is 35.3 Å². The summed E-state index contributed by atoms with van der Waals surface area (Å²) in [6.07, 6.45) is 1.70. The molecular formula is C15H18Cl2N2O. The molecule has 0 radical (unpaired) electrons. The molecule has 2 N–H and O–H groups in total. The molecule has 0 aliphatic carbocycles. The minimum atomic E-state index is 0.00972. The van der Waals surface area contributed by atoms with Gasteiger partial charge >= 0.3 is 0 Å². The smallest absolute Gasteiger partial charge is 0.105 e. The summed E-state index contributed by atoms with van der Waals surface area (Å²) in [6, 6.07) is 7.61. The molecule has 2 rings (SSSR count). The first-order valence-corrected chi connectivity index (χ1v) is 7.17. The molecule has 2 aromatic rings. The lowest BCUT2D eigenvalue weighted by Crippen LogP contribution is -2.30. The van der Waals surface area contributed by atoms with Gasteiger partial charge in [0.1, 0.15) is 5.76 Å². The lowest BCUT2D eigenvalue weighted by Gasteiger charge is -2.28. The number of rotatable bonds is 5. The zero-order chi connectivity index (χ0) is 14.7. The molecule has 0 saturated carbocycles. The second-order valence-corrected chi connectivity index (χ2v) is 5.60. The van der Waals surface area contributed by atoms with E-state index in [0.717, 1.165) is 23.4 Å². The van der Waals surface area contributed by atoms with Crippen molar-refractivity contribution in [3.8, 4) is 0 Å². The number of aryl methyl sites for hydroxylation is 1. The number of nitrogens with two attached hydrogens (primary N) is 1. The molecule has 1 heterocycles. The lowest BCUT2D eigenvalue weighted by molar-refractivity contribution is 0.240. The van der Waals surface area contributed by atoms with Gasteiger partial charge in [-0.2, -0.15) is 0 Å². The average Bonchev–Trinajstić information content (AvgIpc) is 2.81. The minimum absolute atomic E-state index is 0.00972. The normalized spacial score (nSPS) is 12.9. The Kier molecular flexibility index (Phi) is 5.11. The molecule has 0 spiro atoms. The summed E-state index contributed by atoms with van der Waals surface area (Å²) in [5.74, 6) is 0.921. The lowest BCUT2D eigenvalue weighted by atomic mass is 10.0. The van der Waals surface area contributed by atoms with Gasteiger partial charge in [0.25, 0.3) is 0 Å². The van der Waals surface area contributed by atoms with Gasteiger partial charge in [-0.15, -0.1) is 0 Å². The number of benzene rings is 1. The summed E-state index contributed by atoms with van der Waals surface area (Å²) in [4.78, 5) is 2.15. The maximum Gasteiger partial charge on any atom is 0.105 e. The predicted octanol–water partition coefficient (Wildman–Crippen LogP) is 4.03. The monoisotopic (exact) mass is 312 g/mol. The van der Waals surface area contributed by atoms with Crippen LogP contribution < -0.4 is 5.73 Å². The van der Waals surface area contributed by atoms with Gasteiger partial charge < -0.3 is 10.2 Å². The van der Waals surface area contributed by atoms with E-state index in [9.17, 15) is 0 Å². The maximum absolute atomic E-state index is 6.29. The Hall–Kier alpha value is -1.000. The van der Waals surface area contributed by atoms with E-state index in [-0.39, 0.29) is 6.04 Å². The number of furan rings is 1. The fourth-order valence-electron chi connectivity index (χ4n) is 2.28. The highest BCUT2D eigenvalue weighted by atomic mass is 35.5. The highest BCUT2D eigenvalue weighted by Crippen LogP contribution is 2.32. The molecule has 108 valence electrons. The molecule has 0 aliphatic heterocycles. The van der Waals surface area contributed by atoms with Crippen molar-refractivity contribution in [2.75, 3.05) is 13.6 Å². The quantitative estimate of drug-likeness (QED) is 0.906. The molecule has 0 saturated heterocycles. The topological polar surface area (TPSA) is 42.4 Å². The van der Waals surface area contributed by atoms with Crippen molar-refractivity contribution < 1.29 is 4.42 Å². The summed E-state index contributed by atoms with van der Waals surface area (Å²) < 4.78 is 5.32. The van der Waals surface area contributed by atoms with Crippen LogP contribution in [0.1, 0.15) is 22.9 Å². The first kappa shape index (κ1) is 15.4. The molecule has 20 heavy (non-hydrogen) atoms. The third kappa shape index (κ3) is 3.18. The summed E-state index contributed by atoms with van der Waals surface area (Å²) in [5.41, 5.74) is 8.02. The Morgan fingerprint density at radius 2 is 2.05 bits per heavy atom. The van der Waals surface area contributed by atoms with Crippen molar-refractivity contribution >= 4 is 23.2 Å². The summed E-state index contributed by atoms with van der Waals surface area (Å²) >= 11 is 12.4. The van der Waals surface area contributed by atoms with Crippen LogP contribution in [-0.4, -0.2) is 18.5 Å². The molecule has 1 unspecified atom stereocenters. The first-order valence-electron chi connectivity index (χ1n) is 6.41. The predicted molar refractivity (Wildman–Crippen MR) is 83.2 cm³/mol. The van der Waals surface area contributed by atoms with Gasteiger partial charge in [0.15, 0.2) is 0 Å². The van der Waals surface area contributed by atoms with Crippen LogP contribution in [0.2, 0.25) is 10.0 Å². The number of nitrogens with zero attached hydrogens (tertiary/aromatic N) is 1. The van der Waals surface area contributed by atoms with Crippen LogP contribution in [0.3, 0.4) is 0 Å². The van der Waals surface area contributed by atoms with E-state index >= 15 is 0 Å². The third-order valence-corrected chi connectivity index (χ3v) is 4.32. The van der Waals surface area contributed by atoms with Crippen molar-refractivity contribution in [1.29, 1.82) is 0 Å². The zero-order valence-corrected chi connectivity index (χ0v) is 13.1. The van der Waals surface area contributed by atoms with Crippen LogP contribution in [0.25, 0.3) is 0 Å². The number of halogens is 2. The van der Waals surface area contributed by atoms with E-state index in [4.69, 9.17) is 33.4 Å². The molecule has 0 fully saturated rings. The van der Waals surface area contributed by atoms with Crippen molar-refractivity contribution in [3.63, 3.8) is 0 Å². The second-order valence-electron chi connectivity index (χ2n) is 4.81. The summed E-state index contributed by atoms with van der Waals surface area (Å²) in [5, 5.41) is 1.12. The van der Waals surface area contributed by atoms with E-state index in [1.165, 1.54) is 0 Å². The highest BCUT2D eigenvalue weighted by molar-refractivity contribution is 6.42. The Labute approximate surface area is 129 Å². The van der Waals surface area contributed by atoms with Crippen molar-refractivity contribution in [2.24, 2.45) is 5.73 Å². The van der Waals surface area contributed by atoms with Gasteiger partial charge in [0.2, 0.25) is 0 Å². The van der Waals surface area contributed by atoms with Crippen LogP contribution in [-0.2, 0) is 6.54 Å². The molecule has 1 aromatic heterocycles. The fraction of sp³-hybridized carbons (Fsp3) is 0.333. The largest absolute Gasteiger partial charge is 0.469 e. The average molecular weight is 313 g/mol. The first-order chi connectivity index (χ1) is 9.54. The van der Waals surface area contributed by atoms with Crippen LogP contribution in [0, 0.1) is 6.92 Å². The molecular weight excluding hydrogens is 295 g/mol. The SMILES string of the molecule is Cc1occc1CN(C)C(CN)c1cccc(Cl)c1Cl. The Bertz CT molecular complexity index is 583. The number of hydrogen-bond donors (Lipinski definition) is 1. The molecule has 5 heteroatoms. The van der Waals surface area contributed by atoms with Gasteiger partial charge in [-0.05, 0) is 31.7 Å². The summed E-state index contributed by atoms with van der Waals surface area (Å²) in [7, 11) is 2.02. The van der Waals surface area contributed by atoms with E-state index in [1.54, 1.807) is 12.3 Å². The molecule has 1 aromatic carbocycles. The summed E-state index contributed by atoms with van der Waals surface area (Å²) in [6.45, 7) is 3.16. The third-order valence-electron chi connectivity index (χ3n) is 3.48. The van der Waals surface area contributed by atoms with Crippen molar-refractivity contribution in [1.82, 2.24) is 4.90 Å². The standard InChI is InChI=1S/C15H18Cl2N2O/c1-10-11(6-7-20-10)9-19(2)14(8-18)12-4-3-5-13(16)15(12)17/h3-7,14H,8-9,18H2,1-2H3.